The Bertz CT molecular complexity index is 420. The van der Waals surface area contributed by atoms with E-state index >= 15 is 0 Å². The van der Waals surface area contributed by atoms with Crippen LogP contribution in [0.2, 0.25) is 0 Å². The summed E-state index contributed by atoms with van der Waals surface area (Å²) < 4.78 is 28.2. The van der Waals surface area contributed by atoms with E-state index in [1.807, 2.05) is 0 Å². The summed E-state index contributed by atoms with van der Waals surface area (Å²) in [7, 11) is 0. The second kappa shape index (κ2) is 7.39. The third kappa shape index (κ3) is 3.54. The van der Waals surface area contributed by atoms with Gasteiger partial charge in [0.25, 0.3) is 0 Å². The Morgan fingerprint density at radius 3 is 2.00 bits per heavy atom. The first-order valence-corrected chi connectivity index (χ1v) is 7.16. The van der Waals surface area contributed by atoms with Crippen LogP contribution in [0.15, 0.2) is 0 Å². The van der Waals surface area contributed by atoms with Crippen LogP contribution < -0.4 is 0 Å². The van der Waals surface area contributed by atoms with E-state index in [0.29, 0.717) is 0 Å². The van der Waals surface area contributed by atoms with Crippen molar-refractivity contribution in [2.45, 2.75) is 61.2 Å². The number of aliphatic hydroxyl groups is 8. The average Bonchev–Trinajstić information content (AvgIpc) is 2.55. The van der Waals surface area contributed by atoms with Gasteiger partial charge in [-0.05, 0) is 0 Å². The SMILES string of the molecule is OC[C@H]1O[C@@H](O[C@H]2[C@H](O)[C@@H](O)C(O)(F)O[C@@H]2CO)[C@H](O)[C@@H](O)[C@H]1O. The van der Waals surface area contributed by atoms with Crippen LogP contribution in [-0.4, -0.2) is 115 Å². The molecule has 0 radical (unpaired) electrons. The monoisotopic (exact) mass is 360 g/mol. The minimum atomic E-state index is -3.64. The third-order valence-electron chi connectivity index (χ3n) is 4.03. The lowest BCUT2D eigenvalue weighted by Crippen LogP contribution is -2.66. The lowest BCUT2D eigenvalue weighted by atomic mass is 9.96. The van der Waals surface area contributed by atoms with Gasteiger partial charge in [0.15, 0.2) is 12.4 Å². The van der Waals surface area contributed by atoms with Crippen molar-refractivity contribution < 1.29 is 59.5 Å². The van der Waals surface area contributed by atoms with Gasteiger partial charge in [-0.15, -0.1) is 0 Å². The van der Waals surface area contributed by atoms with E-state index < -0.39 is 74.4 Å². The molecule has 2 aliphatic heterocycles. The molecule has 0 aliphatic carbocycles. The zero-order chi connectivity index (χ0) is 18.2. The lowest BCUT2D eigenvalue weighted by molar-refractivity contribution is -0.420. The summed E-state index contributed by atoms with van der Waals surface area (Å²) in [5.74, 6) is 0. The third-order valence-corrected chi connectivity index (χ3v) is 4.03. The van der Waals surface area contributed by atoms with Crippen molar-refractivity contribution in [1.82, 2.24) is 0 Å². The topological polar surface area (TPSA) is 190 Å². The fourth-order valence-electron chi connectivity index (χ4n) is 2.60. The van der Waals surface area contributed by atoms with E-state index in [2.05, 4.69) is 4.74 Å². The molecule has 0 aromatic heterocycles. The molecule has 142 valence electrons. The first-order chi connectivity index (χ1) is 11.1. The summed E-state index contributed by atoms with van der Waals surface area (Å²) in [6.45, 7) is -1.66. The molecule has 8 N–H and O–H groups in total. The summed E-state index contributed by atoms with van der Waals surface area (Å²) in [6, 6.07) is -3.64. The molecule has 1 unspecified atom stereocenters. The van der Waals surface area contributed by atoms with Gasteiger partial charge < -0.3 is 55.1 Å². The molecule has 2 heterocycles. The van der Waals surface area contributed by atoms with E-state index in [0.717, 1.165) is 0 Å². The quantitative estimate of drug-likeness (QED) is 0.239. The molecule has 0 aromatic carbocycles. The van der Waals surface area contributed by atoms with Crippen LogP contribution in [0.25, 0.3) is 0 Å². The fraction of sp³-hybridized carbons (Fsp3) is 1.00. The Balaban J connectivity index is 2.15. The molecule has 2 aliphatic rings. The maximum atomic E-state index is 13.6. The molecule has 0 aromatic rings. The Hall–Kier alpha value is -0.510. The Kier molecular flexibility index (Phi) is 6.10. The number of rotatable bonds is 4. The van der Waals surface area contributed by atoms with Crippen molar-refractivity contribution in [1.29, 1.82) is 0 Å². The van der Waals surface area contributed by atoms with Crippen molar-refractivity contribution in [3.63, 3.8) is 0 Å². The van der Waals surface area contributed by atoms with Crippen LogP contribution in [-0.2, 0) is 14.2 Å². The molecule has 2 rings (SSSR count). The summed E-state index contributed by atoms with van der Waals surface area (Å²) in [5, 5.41) is 76.0. The van der Waals surface area contributed by atoms with E-state index in [9.17, 15) is 40.1 Å². The minimum absolute atomic E-state index is 0.731. The van der Waals surface area contributed by atoms with Crippen molar-refractivity contribution in [3.8, 4) is 0 Å². The molecule has 0 spiro atoms. The molecule has 24 heavy (non-hydrogen) atoms. The molecule has 0 saturated carbocycles. The second-order valence-electron chi connectivity index (χ2n) is 5.68. The first-order valence-electron chi connectivity index (χ1n) is 7.16. The highest BCUT2D eigenvalue weighted by Gasteiger charge is 2.56. The van der Waals surface area contributed by atoms with Crippen molar-refractivity contribution in [2.24, 2.45) is 0 Å². The molecular weight excluding hydrogens is 339 g/mol. The second-order valence-corrected chi connectivity index (χ2v) is 5.68. The number of ether oxygens (including phenoxy) is 3. The number of aliphatic hydroxyl groups excluding tert-OH is 7. The van der Waals surface area contributed by atoms with Crippen LogP contribution >= 0.6 is 0 Å². The standard InChI is InChI=1S/C12H21FO11/c13-12(21)10(20)8(19)9(4(2-15)24-12)23-11-7(18)6(17)5(16)3(1-14)22-11/h3-11,14-21H,1-2H2/t3-,4-,5+,6+,7-,8+,9-,10-,11+,12?/m1/s1. The molecule has 2 saturated heterocycles. The Labute approximate surface area is 135 Å². The maximum absolute atomic E-state index is 13.6. The number of alkyl halides is 1. The normalized spacial score (nSPS) is 53.1. The Morgan fingerprint density at radius 2 is 1.46 bits per heavy atom. The lowest BCUT2D eigenvalue weighted by Gasteiger charge is -2.46. The van der Waals surface area contributed by atoms with Crippen LogP contribution in [0.3, 0.4) is 0 Å². The Morgan fingerprint density at radius 1 is 0.875 bits per heavy atom. The van der Waals surface area contributed by atoms with Gasteiger partial charge in [0.05, 0.1) is 13.2 Å². The van der Waals surface area contributed by atoms with Gasteiger partial charge in [0.1, 0.15) is 42.7 Å². The summed E-state index contributed by atoms with van der Waals surface area (Å²) in [5.41, 5.74) is 0. The zero-order valence-corrected chi connectivity index (χ0v) is 12.3. The molecule has 0 bridgehead atoms. The molecule has 10 atom stereocenters. The first kappa shape index (κ1) is 19.8. The fourth-order valence-corrected chi connectivity index (χ4v) is 2.60. The predicted molar refractivity (Wildman–Crippen MR) is 68.7 cm³/mol. The van der Waals surface area contributed by atoms with E-state index in [-0.39, 0.29) is 0 Å². The van der Waals surface area contributed by atoms with Crippen molar-refractivity contribution in [2.75, 3.05) is 13.2 Å². The molecule has 0 amide bonds. The molecular formula is C12H21FO11. The van der Waals surface area contributed by atoms with Crippen LogP contribution in [0, 0.1) is 0 Å². The summed E-state index contributed by atoms with van der Waals surface area (Å²) >= 11 is 0. The highest BCUT2D eigenvalue weighted by Crippen LogP contribution is 2.33. The summed E-state index contributed by atoms with van der Waals surface area (Å²) in [4.78, 5) is 0. The van der Waals surface area contributed by atoms with Gasteiger partial charge in [-0.25, -0.2) is 0 Å². The summed E-state index contributed by atoms with van der Waals surface area (Å²) in [6.07, 6.45) is -16.1. The number of hydrogen-bond donors (Lipinski definition) is 8. The number of hydrogen-bond acceptors (Lipinski definition) is 11. The highest BCUT2D eigenvalue weighted by molar-refractivity contribution is 4.95. The van der Waals surface area contributed by atoms with Crippen LogP contribution in [0.5, 0.6) is 0 Å². The van der Waals surface area contributed by atoms with E-state index in [4.69, 9.17) is 14.6 Å². The van der Waals surface area contributed by atoms with Gasteiger partial charge in [-0.2, -0.15) is 4.39 Å². The van der Waals surface area contributed by atoms with E-state index in [1.54, 1.807) is 0 Å². The minimum Gasteiger partial charge on any atom is -0.394 e. The predicted octanol–water partition coefficient (Wildman–Crippen LogP) is -5.10. The number of halogens is 1. The average molecular weight is 360 g/mol. The maximum Gasteiger partial charge on any atom is 0.347 e. The van der Waals surface area contributed by atoms with Gasteiger partial charge in [0.2, 0.25) is 0 Å². The zero-order valence-electron chi connectivity index (χ0n) is 12.3. The largest absolute Gasteiger partial charge is 0.394 e. The van der Waals surface area contributed by atoms with Crippen molar-refractivity contribution in [3.05, 3.63) is 0 Å². The van der Waals surface area contributed by atoms with Crippen LogP contribution in [0.1, 0.15) is 0 Å². The van der Waals surface area contributed by atoms with Gasteiger partial charge >= 0.3 is 6.04 Å². The van der Waals surface area contributed by atoms with E-state index in [1.165, 1.54) is 0 Å². The van der Waals surface area contributed by atoms with Crippen molar-refractivity contribution >= 4 is 0 Å². The molecule has 12 heteroatoms. The smallest absolute Gasteiger partial charge is 0.347 e. The van der Waals surface area contributed by atoms with Gasteiger partial charge in [-0.3, -0.25) is 0 Å². The highest BCUT2D eigenvalue weighted by atomic mass is 19.2. The van der Waals surface area contributed by atoms with Gasteiger partial charge in [0, 0.05) is 0 Å². The molecule has 2 fully saturated rings. The van der Waals surface area contributed by atoms with Crippen LogP contribution in [0.4, 0.5) is 4.39 Å². The van der Waals surface area contributed by atoms with Gasteiger partial charge in [-0.1, -0.05) is 0 Å². The molecule has 11 nitrogen and oxygen atoms in total.